The quantitative estimate of drug-likeness (QED) is 0.684. The molecule has 35 heavy (non-hydrogen) atoms. The SMILES string of the molecule is Cc1ccc(N2C[C@@H](C(=O)N3CCC(C(=O)N4CCN(c5ccccc5)CC4)CC3)CC2=O)cc1. The summed E-state index contributed by atoms with van der Waals surface area (Å²) in [6.45, 7) is 6.81. The Hall–Kier alpha value is -3.35. The Morgan fingerprint density at radius 1 is 0.714 bits per heavy atom. The molecule has 2 aromatic carbocycles. The molecule has 3 saturated heterocycles. The molecule has 0 aliphatic carbocycles. The highest BCUT2D eigenvalue weighted by molar-refractivity contribution is 6.00. The molecule has 0 radical (unpaired) electrons. The van der Waals surface area contributed by atoms with E-state index < -0.39 is 0 Å². The number of carbonyl (C=O) groups is 3. The van der Waals surface area contributed by atoms with Gasteiger partial charge < -0.3 is 19.6 Å². The minimum absolute atomic E-state index is 0.00640. The average molecular weight is 475 g/mol. The third-order valence-electron chi connectivity index (χ3n) is 7.69. The summed E-state index contributed by atoms with van der Waals surface area (Å²) in [6.07, 6.45) is 1.66. The summed E-state index contributed by atoms with van der Waals surface area (Å²) in [5.41, 5.74) is 3.20. The Bertz CT molecular complexity index is 1060. The van der Waals surface area contributed by atoms with Crippen LogP contribution in [0.1, 0.15) is 24.8 Å². The zero-order valence-corrected chi connectivity index (χ0v) is 20.4. The van der Waals surface area contributed by atoms with Crippen molar-refractivity contribution in [2.24, 2.45) is 11.8 Å². The van der Waals surface area contributed by atoms with E-state index in [1.807, 2.05) is 59.2 Å². The van der Waals surface area contributed by atoms with E-state index in [4.69, 9.17) is 0 Å². The van der Waals surface area contributed by atoms with Gasteiger partial charge in [-0.05, 0) is 44.0 Å². The van der Waals surface area contributed by atoms with Crippen molar-refractivity contribution in [3.05, 3.63) is 60.2 Å². The van der Waals surface area contributed by atoms with Gasteiger partial charge in [-0.25, -0.2) is 0 Å². The summed E-state index contributed by atoms with van der Waals surface area (Å²) in [6, 6.07) is 18.2. The number of amides is 3. The van der Waals surface area contributed by atoms with Crippen LogP contribution >= 0.6 is 0 Å². The van der Waals surface area contributed by atoms with Gasteiger partial charge in [0.1, 0.15) is 0 Å². The second-order valence-corrected chi connectivity index (χ2v) is 9.99. The second-order valence-electron chi connectivity index (χ2n) is 9.99. The predicted molar refractivity (Wildman–Crippen MR) is 136 cm³/mol. The Labute approximate surface area is 207 Å². The number of hydrogen-bond acceptors (Lipinski definition) is 4. The third kappa shape index (κ3) is 5.04. The van der Waals surface area contributed by atoms with E-state index in [-0.39, 0.29) is 36.0 Å². The van der Waals surface area contributed by atoms with Crippen molar-refractivity contribution in [2.45, 2.75) is 26.2 Å². The number of nitrogens with zero attached hydrogens (tertiary/aromatic N) is 4. The Kier molecular flexibility index (Phi) is 6.75. The Balaban J connectivity index is 1.10. The first-order chi connectivity index (χ1) is 17.0. The van der Waals surface area contributed by atoms with E-state index in [9.17, 15) is 14.4 Å². The van der Waals surface area contributed by atoms with Crippen LogP contribution in [0.15, 0.2) is 54.6 Å². The van der Waals surface area contributed by atoms with Crippen LogP contribution in [0.5, 0.6) is 0 Å². The van der Waals surface area contributed by atoms with Gasteiger partial charge in [-0.15, -0.1) is 0 Å². The molecule has 5 rings (SSSR count). The second kappa shape index (κ2) is 10.1. The molecule has 3 fully saturated rings. The van der Waals surface area contributed by atoms with Crippen LogP contribution < -0.4 is 9.80 Å². The third-order valence-corrected chi connectivity index (χ3v) is 7.69. The van der Waals surface area contributed by atoms with Gasteiger partial charge in [0.05, 0.1) is 5.92 Å². The smallest absolute Gasteiger partial charge is 0.228 e. The molecule has 3 amide bonds. The number of likely N-dealkylation sites (tertiary alicyclic amines) is 1. The molecule has 0 bridgehead atoms. The first-order valence-electron chi connectivity index (χ1n) is 12.7. The van der Waals surface area contributed by atoms with Crippen LogP contribution in [-0.2, 0) is 14.4 Å². The molecule has 0 unspecified atom stereocenters. The molecular weight excluding hydrogens is 440 g/mol. The topological polar surface area (TPSA) is 64.2 Å². The number of rotatable bonds is 4. The molecule has 0 saturated carbocycles. The number of hydrogen-bond donors (Lipinski definition) is 0. The first-order valence-corrected chi connectivity index (χ1v) is 12.7. The molecule has 1 atom stereocenters. The monoisotopic (exact) mass is 474 g/mol. The number of benzene rings is 2. The maximum Gasteiger partial charge on any atom is 0.228 e. The number of aryl methyl sites for hydroxylation is 1. The molecule has 2 aromatic rings. The summed E-state index contributed by atoms with van der Waals surface area (Å²) in [5.74, 6) is -0.0349. The van der Waals surface area contributed by atoms with E-state index in [0.29, 0.717) is 32.5 Å². The molecule has 0 spiro atoms. The molecule has 3 aliphatic heterocycles. The number of anilines is 2. The summed E-state index contributed by atoms with van der Waals surface area (Å²) >= 11 is 0. The number of piperidine rings is 1. The lowest BCUT2D eigenvalue weighted by Gasteiger charge is -2.39. The van der Waals surface area contributed by atoms with Crippen LogP contribution in [0, 0.1) is 18.8 Å². The van der Waals surface area contributed by atoms with Gasteiger partial charge in [-0.1, -0.05) is 35.9 Å². The van der Waals surface area contributed by atoms with Crippen LogP contribution in [0.25, 0.3) is 0 Å². The van der Waals surface area contributed by atoms with Gasteiger partial charge in [0, 0.05) is 69.5 Å². The van der Waals surface area contributed by atoms with Crippen molar-refractivity contribution >= 4 is 29.1 Å². The fourth-order valence-corrected chi connectivity index (χ4v) is 5.53. The minimum atomic E-state index is -0.304. The highest BCUT2D eigenvalue weighted by atomic mass is 16.2. The van der Waals surface area contributed by atoms with Crippen molar-refractivity contribution < 1.29 is 14.4 Å². The number of para-hydroxylation sites is 1. The molecule has 3 heterocycles. The van der Waals surface area contributed by atoms with Gasteiger partial charge >= 0.3 is 0 Å². The first kappa shape index (κ1) is 23.4. The van der Waals surface area contributed by atoms with E-state index in [2.05, 4.69) is 17.0 Å². The zero-order valence-electron chi connectivity index (χ0n) is 20.4. The van der Waals surface area contributed by atoms with Crippen molar-refractivity contribution in [3.8, 4) is 0 Å². The Morgan fingerprint density at radius 3 is 1.97 bits per heavy atom. The van der Waals surface area contributed by atoms with Gasteiger partial charge in [-0.3, -0.25) is 14.4 Å². The summed E-state index contributed by atoms with van der Waals surface area (Å²) in [4.78, 5) is 46.8. The Morgan fingerprint density at radius 2 is 1.31 bits per heavy atom. The standard InChI is InChI=1S/C28H34N4O3/c1-21-7-9-25(10-8-21)32-20-23(19-26(32)33)28(35)30-13-11-22(12-14-30)27(34)31-17-15-29(16-18-31)24-5-3-2-4-6-24/h2-10,22-23H,11-20H2,1H3/t23-/m0/s1. The zero-order chi connectivity index (χ0) is 24.4. The molecular formula is C28H34N4O3. The van der Waals surface area contributed by atoms with E-state index in [0.717, 1.165) is 37.4 Å². The molecule has 7 heteroatoms. The molecule has 0 N–H and O–H groups in total. The summed E-state index contributed by atoms with van der Waals surface area (Å²) < 4.78 is 0. The van der Waals surface area contributed by atoms with Crippen LogP contribution in [-0.4, -0.2) is 73.3 Å². The van der Waals surface area contributed by atoms with Crippen molar-refractivity contribution in [2.75, 3.05) is 55.6 Å². The normalized spacial score (nSPS) is 21.5. The average Bonchev–Trinajstić information content (AvgIpc) is 3.30. The maximum absolute atomic E-state index is 13.2. The summed E-state index contributed by atoms with van der Waals surface area (Å²) in [5, 5.41) is 0. The fraction of sp³-hybridized carbons (Fsp3) is 0.464. The van der Waals surface area contributed by atoms with Crippen LogP contribution in [0.4, 0.5) is 11.4 Å². The number of carbonyl (C=O) groups excluding carboxylic acids is 3. The molecule has 184 valence electrons. The summed E-state index contributed by atoms with van der Waals surface area (Å²) in [7, 11) is 0. The highest BCUT2D eigenvalue weighted by Gasteiger charge is 2.39. The van der Waals surface area contributed by atoms with Crippen molar-refractivity contribution in [1.82, 2.24) is 9.80 Å². The van der Waals surface area contributed by atoms with Gasteiger partial charge in [0.15, 0.2) is 0 Å². The van der Waals surface area contributed by atoms with Gasteiger partial charge in [0.2, 0.25) is 17.7 Å². The largest absolute Gasteiger partial charge is 0.368 e. The lowest BCUT2D eigenvalue weighted by Crippen LogP contribution is -2.52. The lowest BCUT2D eigenvalue weighted by molar-refractivity contribution is -0.142. The van der Waals surface area contributed by atoms with Crippen LogP contribution in [0.2, 0.25) is 0 Å². The fourth-order valence-electron chi connectivity index (χ4n) is 5.53. The van der Waals surface area contributed by atoms with Crippen LogP contribution in [0.3, 0.4) is 0 Å². The van der Waals surface area contributed by atoms with E-state index >= 15 is 0 Å². The minimum Gasteiger partial charge on any atom is -0.368 e. The highest BCUT2D eigenvalue weighted by Crippen LogP contribution is 2.29. The lowest BCUT2D eigenvalue weighted by atomic mass is 9.93. The van der Waals surface area contributed by atoms with Gasteiger partial charge in [-0.2, -0.15) is 0 Å². The molecule has 3 aliphatic rings. The van der Waals surface area contributed by atoms with E-state index in [1.54, 1.807) is 4.90 Å². The number of piperazine rings is 1. The van der Waals surface area contributed by atoms with Crippen molar-refractivity contribution in [3.63, 3.8) is 0 Å². The maximum atomic E-state index is 13.2. The predicted octanol–water partition coefficient (Wildman–Crippen LogP) is 2.94. The van der Waals surface area contributed by atoms with E-state index in [1.165, 1.54) is 5.69 Å². The van der Waals surface area contributed by atoms with Gasteiger partial charge in [0.25, 0.3) is 0 Å². The molecule has 0 aromatic heterocycles. The molecule has 7 nitrogen and oxygen atoms in total. The van der Waals surface area contributed by atoms with Crippen molar-refractivity contribution in [1.29, 1.82) is 0 Å².